The van der Waals surface area contributed by atoms with Crippen molar-refractivity contribution in [1.29, 1.82) is 0 Å². The Bertz CT molecular complexity index is 1550. The van der Waals surface area contributed by atoms with Crippen LogP contribution in [0.5, 0.6) is 0 Å². The highest BCUT2D eigenvalue weighted by Gasteiger charge is 2.29. The lowest BCUT2D eigenvalue weighted by atomic mass is 9.93. The number of carbonyl (C=O) groups excluding carboxylic acids is 3. The first-order valence-electron chi connectivity index (χ1n) is 10.5. The van der Waals surface area contributed by atoms with Gasteiger partial charge in [0.05, 0.1) is 18.9 Å². The van der Waals surface area contributed by atoms with Crippen LogP contribution in [0.3, 0.4) is 0 Å². The molecule has 0 unspecified atom stereocenters. The molecule has 0 radical (unpaired) electrons. The highest BCUT2D eigenvalue weighted by atomic mass is 35.5. The Morgan fingerprint density at radius 1 is 1.17 bits per heavy atom. The average molecular weight is 513 g/mol. The maximum atomic E-state index is 13.3. The number of carbonyl (C=O) groups is 3. The molecule has 0 spiro atoms. The molecule has 1 aromatic heterocycles. The minimum atomic E-state index is -3.91. The van der Waals surface area contributed by atoms with Gasteiger partial charge in [0.1, 0.15) is 5.69 Å². The molecule has 10 heteroatoms. The molecule has 4 rings (SSSR count). The quantitative estimate of drug-likeness (QED) is 0.504. The Balaban J connectivity index is 2.01. The van der Waals surface area contributed by atoms with E-state index in [0.29, 0.717) is 32.6 Å². The number of halogens is 1. The molecule has 180 valence electrons. The van der Waals surface area contributed by atoms with Gasteiger partial charge in [-0.1, -0.05) is 42.0 Å². The minimum Gasteiger partial charge on any atom is -0.465 e. The molecule has 0 atom stereocenters. The van der Waals surface area contributed by atoms with Gasteiger partial charge >= 0.3 is 5.97 Å². The predicted molar refractivity (Wildman–Crippen MR) is 133 cm³/mol. The number of nitrogens with one attached hydrogen (secondary N) is 1. The van der Waals surface area contributed by atoms with Crippen molar-refractivity contribution in [2.45, 2.75) is 13.0 Å². The van der Waals surface area contributed by atoms with Crippen LogP contribution in [-0.2, 0) is 26.1 Å². The fourth-order valence-electron chi connectivity index (χ4n) is 4.08. The number of Topliss-reactive ketones (excluding diaryl/α,β-unsaturated/α-hetero) is 1. The second kappa shape index (κ2) is 9.52. The Kier molecular flexibility index (Phi) is 6.64. The number of esters is 1. The van der Waals surface area contributed by atoms with Crippen LogP contribution < -0.4 is 4.72 Å². The van der Waals surface area contributed by atoms with Crippen LogP contribution in [0.15, 0.2) is 60.7 Å². The number of benzene rings is 2. The van der Waals surface area contributed by atoms with Crippen molar-refractivity contribution in [3.8, 4) is 0 Å². The zero-order valence-corrected chi connectivity index (χ0v) is 20.4. The lowest BCUT2D eigenvalue weighted by molar-refractivity contribution is -0.113. The maximum absolute atomic E-state index is 13.3. The molecule has 1 heterocycles. The summed E-state index contributed by atoms with van der Waals surface area (Å²) in [5.74, 6) is -1.62. The van der Waals surface area contributed by atoms with Crippen LogP contribution in [0.25, 0.3) is 16.5 Å². The summed E-state index contributed by atoms with van der Waals surface area (Å²) in [6, 6.07) is 11.6. The molecular weight excluding hydrogens is 492 g/mol. The number of hydrogen-bond acceptors (Lipinski definition) is 6. The fourth-order valence-corrected chi connectivity index (χ4v) is 4.68. The van der Waals surface area contributed by atoms with E-state index in [9.17, 15) is 22.8 Å². The van der Waals surface area contributed by atoms with E-state index < -0.39 is 21.9 Å². The largest absolute Gasteiger partial charge is 0.465 e. The number of aromatic nitrogens is 1. The monoisotopic (exact) mass is 512 g/mol. The molecule has 3 aromatic rings. The van der Waals surface area contributed by atoms with Crippen molar-refractivity contribution in [2.75, 3.05) is 13.4 Å². The van der Waals surface area contributed by atoms with Gasteiger partial charge in [0, 0.05) is 40.0 Å². The first-order valence-corrected chi connectivity index (χ1v) is 12.8. The average Bonchev–Trinajstić information content (AvgIpc) is 3.11. The van der Waals surface area contributed by atoms with Crippen molar-refractivity contribution in [1.82, 2.24) is 9.29 Å². The van der Waals surface area contributed by atoms with Crippen LogP contribution in [0.4, 0.5) is 0 Å². The minimum absolute atomic E-state index is 0.00828. The first-order chi connectivity index (χ1) is 16.6. The van der Waals surface area contributed by atoms with Gasteiger partial charge in [-0.25, -0.2) is 17.9 Å². The fraction of sp³-hybridized carbons (Fsp3) is 0.160. The lowest BCUT2D eigenvalue weighted by Crippen LogP contribution is -2.32. The third kappa shape index (κ3) is 5.06. The van der Waals surface area contributed by atoms with Crippen molar-refractivity contribution >= 4 is 55.8 Å². The zero-order chi connectivity index (χ0) is 25.3. The number of rotatable bonds is 6. The second-order valence-electron chi connectivity index (χ2n) is 8.00. The molecule has 2 aromatic carbocycles. The smallest absolute Gasteiger partial charge is 0.337 e. The van der Waals surface area contributed by atoms with E-state index in [1.165, 1.54) is 7.11 Å². The van der Waals surface area contributed by atoms with Gasteiger partial charge in [-0.05, 0) is 35.9 Å². The Hall–Kier alpha value is -3.69. The van der Waals surface area contributed by atoms with Crippen molar-refractivity contribution in [2.24, 2.45) is 0 Å². The molecule has 1 N–H and O–H groups in total. The molecule has 0 aliphatic heterocycles. The van der Waals surface area contributed by atoms with Crippen LogP contribution in [0.1, 0.15) is 38.4 Å². The van der Waals surface area contributed by atoms with E-state index in [2.05, 4.69) is 0 Å². The first kappa shape index (κ1) is 24.4. The number of allylic oxidation sites excluding steroid dienone is 4. The number of amides is 1. The lowest BCUT2D eigenvalue weighted by Gasteiger charge is -2.14. The molecule has 35 heavy (non-hydrogen) atoms. The van der Waals surface area contributed by atoms with Crippen molar-refractivity contribution in [3.63, 3.8) is 0 Å². The number of hydrogen-bond donors (Lipinski definition) is 1. The maximum Gasteiger partial charge on any atom is 0.337 e. The molecule has 1 amide bonds. The third-order valence-corrected chi connectivity index (χ3v) is 6.27. The van der Waals surface area contributed by atoms with Crippen molar-refractivity contribution in [3.05, 3.63) is 88.1 Å². The normalized spacial score (nSPS) is 13.6. The summed E-state index contributed by atoms with van der Waals surface area (Å²) in [5, 5.41) is 0.910. The number of methoxy groups -OCH3 is 1. The van der Waals surface area contributed by atoms with Gasteiger partial charge in [0.15, 0.2) is 5.78 Å². The molecule has 0 saturated heterocycles. The van der Waals surface area contributed by atoms with Crippen LogP contribution in [0, 0.1) is 0 Å². The number of ketones is 1. The summed E-state index contributed by atoms with van der Waals surface area (Å²) in [7, 11) is -2.63. The summed E-state index contributed by atoms with van der Waals surface area (Å²) in [4.78, 5) is 38.2. The molecule has 1 aliphatic rings. The third-order valence-electron chi connectivity index (χ3n) is 5.48. The molecule has 0 fully saturated rings. The standard InChI is InChI=1S/C25H21ClN2O6S/c1-34-25(31)16-7-5-6-15(12-16)14-28-20-11-10-17(26)13-19(20)22(18-8-3-4-9-21(18)29)23(28)24(30)27-35(2,32)33/h3-8,10-13H,9,14H2,1-2H3,(H,27,30). The van der Waals surface area contributed by atoms with Gasteiger partial charge in [-0.15, -0.1) is 0 Å². The number of sulfonamides is 1. The van der Waals surface area contributed by atoms with Crippen LogP contribution in [0.2, 0.25) is 5.02 Å². The number of nitrogens with zero attached hydrogens (tertiary/aromatic N) is 1. The summed E-state index contributed by atoms with van der Waals surface area (Å²) in [6.07, 6.45) is 6.03. The second-order valence-corrected chi connectivity index (χ2v) is 10.2. The Labute approximate surface area is 206 Å². The van der Waals surface area contributed by atoms with Gasteiger partial charge in [0.2, 0.25) is 10.0 Å². The van der Waals surface area contributed by atoms with Gasteiger partial charge in [0.25, 0.3) is 5.91 Å². The summed E-state index contributed by atoms with van der Waals surface area (Å²) in [6.45, 7) is 0.104. The highest BCUT2D eigenvalue weighted by Crippen LogP contribution is 2.36. The molecule has 8 nitrogen and oxygen atoms in total. The van der Waals surface area contributed by atoms with E-state index in [1.54, 1.807) is 65.3 Å². The van der Waals surface area contributed by atoms with Gasteiger partial charge in [-0.2, -0.15) is 0 Å². The van der Waals surface area contributed by atoms with Crippen molar-refractivity contribution < 1.29 is 27.5 Å². The van der Waals surface area contributed by atoms with Crippen LogP contribution >= 0.6 is 11.6 Å². The van der Waals surface area contributed by atoms with E-state index >= 15 is 0 Å². The van der Waals surface area contributed by atoms with E-state index in [4.69, 9.17) is 16.3 Å². The highest BCUT2D eigenvalue weighted by molar-refractivity contribution is 7.89. The van der Waals surface area contributed by atoms with Gasteiger partial charge < -0.3 is 9.30 Å². The van der Waals surface area contributed by atoms with E-state index in [0.717, 1.165) is 6.26 Å². The zero-order valence-electron chi connectivity index (χ0n) is 18.9. The summed E-state index contributed by atoms with van der Waals surface area (Å²) < 4.78 is 32.3. The molecular formula is C25H21ClN2O6S. The Morgan fingerprint density at radius 3 is 2.63 bits per heavy atom. The summed E-state index contributed by atoms with van der Waals surface area (Å²) in [5.41, 5.74) is 2.11. The molecule has 0 bridgehead atoms. The summed E-state index contributed by atoms with van der Waals surface area (Å²) >= 11 is 6.27. The van der Waals surface area contributed by atoms with E-state index in [-0.39, 0.29) is 30.0 Å². The van der Waals surface area contributed by atoms with E-state index in [1.807, 2.05) is 4.72 Å². The predicted octanol–water partition coefficient (Wildman–Crippen LogP) is 3.73. The van der Waals surface area contributed by atoms with Crippen LogP contribution in [-0.4, -0.2) is 44.0 Å². The topological polar surface area (TPSA) is 112 Å². The van der Waals surface area contributed by atoms with Gasteiger partial charge in [-0.3, -0.25) is 9.59 Å². The number of ether oxygens (including phenoxy) is 1. The molecule has 1 aliphatic carbocycles. The Morgan fingerprint density at radius 2 is 1.94 bits per heavy atom. The molecule has 0 saturated carbocycles. The number of fused-ring (bicyclic) bond motifs is 1. The SMILES string of the molecule is COC(=O)c1cccc(Cn2c(C(=O)NS(C)(=O)=O)c(C3=CC=CCC3=O)c3cc(Cl)ccc32)c1.